The van der Waals surface area contributed by atoms with E-state index in [4.69, 9.17) is 4.74 Å². The van der Waals surface area contributed by atoms with Crippen molar-refractivity contribution in [2.45, 2.75) is 0 Å². The third kappa shape index (κ3) is 5.04. The van der Waals surface area contributed by atoms with Crippen LogP contribution >= 0.6 is 0 Å². The van der Waals surface area contributed by atoms with Gasteiger partial charge in [0.2, 0.25) is 0 Å². The fraction of sp³-hybridized carbons (Fsp3) is 0. The van der Waals surface area contributed by atoms with Gasteiger partial charge in [0.05, 0.1) is 22.3 Å². The molecule has 3 aromatic rings. The number of hydrogen-bond acceptors (Lipinski definition) is 7. The maximum absolute atomic E-state index is 12.1. The Hall–Kier alpha value is -4.53. The number of benzene rings is 3. The Labute approximate surface area is 170 Å². The molecule has 3 aromatic carbocycles. The zero-order valence-electron chi connectivity index (χ0n) is 15.4. The molecule has 9 heteroatoms. The van der Waals surface area contributed by atoms with Crippen LogP contribution in [0.3, 0.4) is 0 Å². The van der Waals surface area contributed by atoms with Crippen LogP contribution in [-0.2, 0) is 0 Å². The summed E-state index contributed by atoms with van der Waals surface area (Å²) in [5, 5.41) is 24.3. The summed E-state index contributed by atoms with van der Waals surface area (Å²) in [6, 6.07) is 17.5. The molecule has 3 rings (SSSR count). The third-order valence-corrected chi connectivity index (χ3v) is 3.91. The summed E-state index contributed by atoms with van der Waals surface area (Å²) in [7, 11) is 0. The fourth-order valence-corrected chi connectivity index (χ4v) is 2.43. The number of para-hydroxylation sites is 1. The lowest BCUT2D eigenvalue weighted by Gasteiger charge is -2.05. The van der Waals surface area contributed by atoms with E-state index >= 15 is 0 Å². The molecule has 0 saturated carbocycles. The predicted molar refractivity (Wildman–Crippen MR) is 108 cm³/mol. The average Bonchev–Trinajstić information content (AvgIpc) is 2.75. The van der Waals surface area contributed by atoms with Gasteiger partial charge >= 0.3 is 5.97 Å². The Balaban J connectivity index is 1.59. The molecule has 0 aliphatic heterocycles. The second kappa shape index (κ2) is 9.11. The predicted octanol–water partition coefficient (Wildman–Crippen LogP) is 3.28. The lowest BCUT2D eigenvalue weighted by atomic mass is 10.2. The first-order valence-electron chi connectivity index (χ1n) is 8.62. The highest BCUT2D eigenvalue weighted by atomic mass is 16.6. The zero-order chi connectivity index (χ0) is 21.5. The summed E-state index contributed by atoms with van der Waals surface area (Å²) < 4.78 is 5.20. The number of hydrogen-bond donors (Lipinski definition) is 2. The number of phenols is 1. The van der Waals surface area contributed by atoms with Gasteiger partial charge < -0.3 is 9.84 Å². The van der Waals surface area contributed by atoms with Crippen LogP contribution in [0.15, 0.2) is 77.9 Å². The van der Waals surface area contributed by atoms with E-state index in [0.29, 0.717) is 5.56 Å². The van der Waals surface area contributed by atoms with Gasteiger partial charge in [-0.15, -0.1) is 0 Å². The van der Waals surface area contributed by atoms with Gasteiger partial charge in [0, 0.05) is 12.1 Å². The Morgan fingerprint density at radius 3 is 2.47 bits per heavy atom. The van der Waals surface area contributed by atoms with Gasteiger partial charge in [-0.1, -0.05) is 18.2 Å². The van der Waals surface area contributed by atoms with Crippen LogP contribution in [0.4, 0.5) is 5.69 Å². The Kier molecular flexibility index (Phi) is 6.14. The number of ether oxygens (including phenoxy) is 1. The van der Waals surface area contributed by atoms with Crippen molar-refractivity contribution in [3.63, 3.8) is 0 Å². The number of nitrogens with one attached hydrogen (secondary N) is 1. The van der Waals surface area contributed by atoms with Crippen molar-refractivity contribution in [1.82, 2.24) is 5.43 Å². The second-order valence-corrected chi connectivity index (χ2v) is 5.98. The van der Waals surface area contributed by atoms with Crippen molar-refractivity contribution in [2.75, 3.05) is 0 Å². The topological polar surface area (TPSA) is 131 Å². The minimum absolute atomic E-state index is 0.0571. The van der Waals surface area contributed by atoms with Gasteiger partial charge in [-0.05, 0) is 48.0 Å². The minimum Gasteiger partial charge on any atom is -0.507 e. The minimum atomic E-state index is -0.727. The first-order chi connectivity index (χ1) is 14.4. The van der Waals surface area contributed by atoms with Crippen molar-refractivity contribution >= 4 is 23.8 Å². The number of hydrazone groups is 1. The molecule has 1 amide bonds. The number of phenolic OH excluding ortho intramolecular Hbond substituents is 1. The number of carbonyl (C=O) groups excluding carboxylic acids is 2. The Morgan fingerprint density at radius 1 is 1.03 bits per heavy atom. The first kappa shape index (κ1) is 20.2. The van der Waals surface area contributed by atoms with Crippen LogP contribution in [0, 0.1) is 10.1 Å². The van der Waals surface area contributed by atoms with Crippen molar-refractivity contribution in [1.29, 1.82) is 0 Å². The number of nitro groups is 1. The zero-order valence-corrected chi connectivity index (χ0v) is 15.4. The van der Waals surface area contributed by atoms with E-state index in [9.17, 15) is 24.8 Å². The molecule has 0 aliphatic rings. The standard InChI is InChI=1S/C21H15N3O6/c25-19-7-2-1-6-18(19)20(26)23-22-13-14-8-10-17(11-9-14)30-21(27)15-4-3-5-16(12-15)24(28)29/h1-13,25H,(H,23,26)/b22-13-. The monoisotopic (exact) mass is 405 g/mol. The average molecular weight is 405 g/mol. The molecule has 0 aliphatic carbocycles. The maximum Gasteiger partial charge on any atom is 0.343 e. The molecule has 9 nitrogen and oxygen atoms in total. The lowest BCUT2D eigenvalue weighted by molar-refractivity contribution is -0.384. The number of carbonyl (C=O) groups is 2. The normalized spacial score (nSPS) is 10.5. The van der Waals surface area contributed by atoms with Gasteiger partial charge in [0.15, 0.2) is 0 Å². The molecule has 0 aromatic heterocycles. The molecule has 150 valence electrons. The van der Waals surface area contributed by atoms with E-state index in [2.05, 4.69) is 10.5 Å². The summed E-state index contributed by atoms with van der Waals surface area (Å²) >= 11 is 0. The molecule has 2 N–H and O–H groups in total. The van der Waals surface area contributed by atoms with Crippen molar-refractivity contribution < 1.29 is 24.4 Å². The highest BCUT2D eigenvalue weighted by Gasteiger charge is 2.13. The van der Waals surface area contributed by atoms with Gasteiger partial charge in [-0.25, -0.2) is 10.2 Å². The largest absolute Gasteiger partial charge is 0.507 e. The van der Waals surface area contributed by atoms with Crippen molar-refractivity contribution in [2.24, 2.45) is 5.10 Å². The van der Waals surface area contributed by atoms with Gasteiger partial charge in [-0.2, -0.15) is 5.10 Å². The molecule has 0 saturated heterocycles. The van der Waals surface area contributed by atoms with Crippen molar-refractivity contribution in [3.8, 4) is 11.5 Å². The maximum atomic E-state index is 12.1. The summed E-state index contributed by atoms with van der Waals surface area (Å²) in [4.78, 5) is 34.3. The highest BCUT2D eigenvalue weighted by molar-refractivity contribution is 5.97. The number of amides is 1. The van der Waals surface area contributed by atoms with E-state index in [-0.39, 0.29) is 28.3 Å². The van der Waals surface area contributed by atoms with Gasteiger partial charge in [-0.3, -0.25) is 14.9 Å². The molecule has 0 fully saturated rings. The number of non-ortho nitro benzene ring substituents is 1. The Morgan fingerprint density at radius 2 is 1.77 bits per heavy atom. The van der Waals surface area contributed by atoms with Crippen LogP contribution in [0.1, 0.15) is 26.3 Å². The number of nitro benzene ring substituents is 1. The molecule has 0 spiro atoms. The summed E-state index contributed by atoms with van der Waals surface area (Å²) in [6.07, 6.45) is 1.38. The number of esters is 1. The highest BCUT2D eigenvalue weighted by Crippen LogP contribution is 2.17. The van der Waals surface area contributed by atoms with E-state index in [1.807, 2.05) is 0 Å². The van der Waals surface area contributed by atoms with Crippen LogP contribution in [0.2, 0.25) is 0 Å². The molecule has 0 radical (unpaired) electrons. The van der Waals surface area contributed by atoms with Crippen LogP contribution < -0.4 is 10.2 Å². The van der Waals surface area contributed by atoms with Crippen LogP contribution in [0.5, 0.6) is 11.5 Å². The van der Waals surface area contributed by atoms with E-state index in [1.54, 1.807) is 24.3 Å². The van der Waals surface area contributed by atoms with Crippen LogP contribution in [-0.4, -0.2) is 28.1 Å². The number of aromatic hydroxyl groups is 1. The Bertz CT molecular complexity index is 1130. The van der Waals surface area contributed by atoms with E-state index < -0.39 is 16.8 Å². The van der Waals surface area contributed by atoms with E-state index in [0.717, 1.165) is 6.07 Å². The van der Waals surface area contributed by atoms with Gasteiger partial charge in [0.1, 0.15) is 11.5 Å². The summed E-state index contributed by atoms with van der Waals surface area (Å²) in [5.41, 5.74) is 2.86. The molecule has 0 unspecified atom stereocenters. The summed E-state index contributed by atoms with van der Waals surface area (Å²) in [5.74, 6) is -1.20. The second-order valence-electron chi connectivity index (χ2n) is 5.98. The van der Waals surface area contributed by atoms with E-state index in [1.165, 1.54) is 48.7 Å². The quantitative estimate of drug-likeness (QED) is 0.213. The van der Waals surface area contributed by atoms with Crippen LogP contribution in [0.25, 0.3) is 0 Å². The smallest absolute Gasteiger partial charge is 0.343 e. The number of nitrogens with zero attached hydrogens (tertiary/aromatic N) is 2. The SMILES string of the molecule is O=C(Oc1ccc(/C=N\NC(=O)c2ccccc2O)cc1)c1cccc([N+](=O)[O-])c1. The van der Waals surface area contributed by atoms with Gasteiger partial charge in [0.25, 0.3) is 11.6 Å². The summed E-state index contributed by atoms with van der Waals surface area (Å²) in [6.45, 7) is 0. The fourth-order valence-electron chi connectivity index (χ4n) is 2.43. The first-order valence-corrected chi connectivity index (χ1v) is 8.62. The van der Waals surface area contributed by atoms with Crippen molar-refractivity contribution in [3.05, 3.63) is 99.6 Å². The molecular formula is C21H15N3O6. The molecule has 0 bridgehead atoms. The molecule has 0 heterocycles. The molecular weight excluding hydrogens is 390 g/mol. The number of rotatable bonds is 6. The lowest BCUT2D eigenvalue weighted by Crippen LogP contribution is -2.17. The molecule has 30 heavy (non-hydrogen) atoms. The third-order valence-electron chi connectivity index (χ3n) is 3.91. The molecule has 0 atom stereocenters.